The van der Waals surface area contributed by atoms with Crippen molar-refractivity contribution in [3.05, 3.63) is 42.2 Å². The molecule has 2 aromatic rings. The van der Waals surface area contributed by atoms with Gasteiger partial charge in [0.25, 0.3) is 5.91 Å². The number of benzene rings is 1. The molecule has 1 heterocycles. The van der Waals surface area contributed by atoms with Crippen molar-refractivity contribution in [2.75, 3.05) is 13.6 Å². The predicted molar refractivity (Wildman–Crippen MR) is 75.1 cm³/mol. The van der Waals surface area contributed by atoms with Crippen molar-refractivity contribution in [3.8, 4) is 5.69 Å². The number of carbonyl (C=O) groups is 2. The number of amides is 1. The van der Waals surface area contributed by atoms with Gasteiger partial charge in [-0.3, -0.25) is 9.59 Å². The summed E-state index contributed by atoms with van der Waals surface area (Å²) in [5.74, 6) is -1.74. The van der Waals surface area contributed by atoms with Crippen LogP contribution in [0.25, 0.3) is 5.69 Å². The molecule has 0 fully saturated rings. The second-order valence-electron chi connectivity index (χ2n) is 4.82. The average Bonchev–Trinajstić information content (AvgIpc) is 3.00. The van der Waals surface area contributed by atoms with Crippen LogP contribution in [0, 0.1) is 5.92 Å². The fourth-order valence-electron chi connectivity index (χ4n) is 1.89. The lowest BCUT2D eigenvalue weighted by molar-refractivity contribution is -0.141. The minimum absolute atomic E-state index is 0.166. The van der Waals surface area contributed by atoms with E-state index in [1.165, 1.54) is 4.90 Å². The van der Waals surface area contributed by atoms with Gasteiger partial charge in [-0.05, 0) is 24.3 Å². The Morgan fingerprint density at radius 1 is 1.33 bits per heavy atom. The van der Waals surface area contributed by atoms with Gasteiger partial charge < -0.3 is 10.0 Å². The molecular formula is C14H16N4O3. The third-order valence-corrected chi connectivity index (χ3v) is 3.12. The van der Waals surface area contributed by atoms with Crippen LogP contribution in [0.4, 0.5) is 0 Å². The molecule has 0 spiro atoms. The Balaban J connectivity index is 2.07. The lowest BCUT2D eigenvalue weighted by Crippen LogP contribution is -2.33. The second-order valence-corrected chi connectivity index (χ2v) is 4.82. The highest BCUT2D eigenvalue weighted by Crippen LogP contribution is 2.11. The van der Waals surface area contributed by atoms with Crippen molar-refractivity contribution in [3.63, 3.8) is 0 Å². The van der Waals surface area contributed by atoms with E-state index >= 15 is 0 Å². The van der Waals surface area contributed by atoms with Crippen LogP contribution >= 0.6 is 0 Å². The van der Waals surface area contributed by atoms with E-state index in [4.69, 9.17) is 5.11 Å². The Bertz CT molecular complexity index is 622. The third kappa shape index (κ3) is 3.44. The molecule has 1 N–H and O–H groups in total. The molecule has 0 saturated carbocycles. The van der Waals surface area contributed by atoms with Gasteiger partial charge in [-0.25, -0.2) is 4.68 Å². The van der Waals surface area contributed by atoms with Crippen molar-refractivity contribution in [2.45, 2.75) is 6.92 Å². The summed E-state index contributed by atoms with van der Waals surface area (Å²) in [6.45, 7) is 1.74. The van der Waals surface area contributed by atoms with Crippen LogP contribution in [0.2, 0.25) is 0 Å². The Hall–Kier alpha value is -2.70. The first-order valence-electron chi connectivity index (χ1n) is 6.44. The summed E-state index contributed by atoms with van der Waals surface area (Å²) in [6, 6.07) is 6.88. The number of hydrogen-bond acceptors (Lipinski definition) is 4. The number of carbonyl (C=O) groups excluding carboxylic acids is 1. The molecule has 7 nitrogen and oxygen atoms in total. The fraction of sp³-hybridized carbons (Fsp3) is 0.286. The highest BCUT2D eigenvalue weighted by Gasteiger charge is 2.18. The zero-order valence-corrected chi connectivity index (χ0v) is 11.8. The molecule has 0 aliphatic carbocycles. The van der Waals surface area contributed by atoms with Crippen LogP contribution in [-0.2, 0) is 4.79 Å². The number of nitrogens with zero attached hydrogens (tertiary/aromatic N) is 4. The SMILES string of the molecule is CC(CN(C)C(=O)c1ccc(-n2ccnn2)cc1)C(=O)O. The number of carboxylic acids is 1. The summed E-state index contributed by atoms with van der Waals surface area (Å²) in [6.07, 6.45) is 3.28. The smallest absolute Gasteiger partial charge is 0.308 e. The normalized spacial score (nSPS) is 11.9. The molecule has 0 aliphatic heterocycles. The molecule has 21 heavy (non-hydrogen) atoms. The van der Waals surface area contributed by atoms with Crippen molar-refractivity contribution in [1.82, 2.24) is 19.9 Å². The number of hydrogen-bond donors (Lipinski definition) is 1. The first kappa shape index (κ1) is 14.7. The van der Waals surface area contributed by atoms with Crippen LogP contribution < -0.4 is 0 Å². The molecule has 1 unspecified atom stereocenters. The summed E-state index contributed by atoms with van der Waals surface area (Å²) in [5, 5.41) is 16.4. The minimum atomic E-state index is -0.920. The third-order valence-electron chi connectivity index (χ3n) is 3.12. The van der Waals surface area contributed by atoms with Crippen LogP contribution in [0.5, 0.6) is 0 Å². The molecular weight excluding hydrogens is 272 g/mol. The van der Waals surface area contributed by atoms with E-state index in [0.717, 1.165) is 5.69 Å². The molecule has 0 aliphatic rings. The van der Waals surface area contributed by atoms with Gasteiger partial charge in [0, 0.05) is 19.2 Å². The van der Waals surface area contributed by atoms with Gasteiger partial charge in [-0.15, -0.1) is 5.10 Å². The van der Waals surface area contributed by atoms with Gasteiger partial charge in [0.1, 0.15) is 0 Å². The summed E-state index contributed by atoms with van der Waals surface area (Å²) in [7, 11) is 1.59. The maximum Gasteiger partial charge on any atom is 0.308 e. The van der Waals surface area contributed by atoms with Crippen molar-refractivity contribution < 1.29 is 14.7 Å². The Kier molecular flexibility index (Phi) is 4.32. The average molecular weight is 288 g/mol. The van der Waals surface area contributed by atoms with Gasteiger partial charge >= 0.3 is 5.97 Å². The van der Waals surface area contributed by atoms with E-state index in [1.54, 1.807) is 55.3 Å². The standard InChI is InChI=1S/C14H16N4O3/c1-10(14(20)21)9-17(2)13(19)11-3-5-12(6-4-11)18-8-7-15-16-18/h3-8,10H,9H2,1-2H3,(H,20,21). The molecule has 0 radical (unpaired) electrons. The molecule has 1 aromatic heterocycles. The molecule has 0 saturated heterocycles. The van der Waals surface area contributed by atoms with Gasteiger partial charge in [0.05, 0.1) is 24.0 Å². The molecule has 7 heteroatoms. The lowest BCUT2D eigenvalue weighted by Gasteiger charge is -2.19. The van der Waals surface area contributed by atoms with E-state index in [9.17, 15) is 9.59 Å². The van der Waals surface area contributed by atoms with Gasteiger partial charge in [-0.1, -0.05) is 12.1 Å². The predicted octanol–water partition coefficient (Wildman–Crippen LogP) is 1.06. The van der Waals surface area contributed by atoms with E-state index in [0.29, 0.717) is 5.56 Å². The summed E-state index contributed by atoms with van der Waals surface area (Å²) in [5.41, 5.74) is 1.30. The minimum Gasteiger partial charge on any atom is -0.481 e. The fourth-order valence-corrected chi connectivity index (χ4v) is 1.89. The second kappa shape index (κ2) is 6.17. The molecule has 1 atom stereocenters. The number of carboxylic acid groups (broad SMARTS) is 1. The molecule has 0 bridgehead atoms. The first-order chi connectivity index (χ1) is 9.99. The largest absolute Gasteiger partial charge is 0.481 e. The molecule has 1 aromatic carbocycles. The Labute approximate surface area is 121 Å². The van der Waals surface area contributed by atoms with Gasteiger partial charge in [0.15, 0.2) is 0 Å². The van der Waals surface area contributed by atoms with Crippen LogP contribution in [0.15, 0.2) is 36.7 Å². The number of rotatable bonds is 5. The van der Waals surface area contributed by atoms with Crippen LogP contribution in [0.1, 0.15) is 17.3 Å². The highest BCUT2D eigenvalue weighted by molar-refractivity contribution is 5.94. The van der Waals surface area contributed by atoms with Gasteiger partial charge in [0.2, 0.25) is 0 Å². The summed E-state index contributed by atoms with van der Waals surface area (Å²) < 4.78 is 1.59. The topological polar surface area (TPSA) is 88.3 Å². The number of aromatic nitrogens is 3. The monoisotopic (exact) mass is 288 g/mol. The van der Waals surface area contributed by atoms with E-state index < -0.39 is 11.9 Å². The van der Waals surface area contributed by atoms with Crippen LogP contribution in [0.3, 0.4) is 0 Å². The molecule has 2 rings (SSSR count). The molecule has 110 valence electrons. The maximum atomic E-state index is 12.2. The van der Waals surface area contributed by atoms with Crippen molar-refractivity contribution >= 4 is 11.9 Å². The molecule has 1 amide bonds. The zero-order valence-electron chi connectivity index (χ0n) is 11.8. The Morgan fingerprint density at radius 3 is 2.52 bits per heavy atom. The Morgan fingerprint density at radius 2 is 2.00 bits per heavy atom. The van der Waals surface area contributed by atoms with E-state index in [1.807, 2.05) is 0 Å². The van der Waals surface area contributed by atoms with Gasteiger partial charge in [-0.2, -0.15) is 0 Å². The van der Waals surface area contributed by atoms with E-state index in [-0.39, 0.29) is 12.5 Å². The number of aliphatic carboxylic acids is 1. The highest BCUT2D eigenvalue weighted by atomic mass is 16.4. The van der Waals surface area contributed by atoms with Crippen molar-refractivity contribution in [2.24, 2.45) is 5.92 Å². The summed E-state index contributed by atoms with van der Waals surface area (Å²) in [4.78, 5) is 24.4. The summed E-state index contributed by atoms with van der Waals surface area (Å²) >= 11 is 0. The maximum absolute atomic E-state index is 12.2. The lowest BCUT2D eigenvalue weighted by atomic mass is 10.1. The quantitative estimate of drug-likeness (QED) is 0.888. The zero-order chi connectivity index (χ0) is 15.4. The van der Waals surface area contributed by atoms with Crippen molar-refractivity contribution in [1.29, 1.82) is 0 Å². The van der Waals surface area contributed by atoms with E-state index in [2.05, 4.69) is 10.3 Å². The first-order valence-corrected chi connectivity index (χ1v) is 6.44. The van der Waals surface area contributed by atoms with Crippen LogP contribution in [-0.4, -0.2) is 50.5 Å².